The van der Waals surface area contributed by atoms with E-state index in [1.54, 1.807) is 18.2 Å². The molecule has 3 N–H and O–H groups in total. The number of thiocarbonyl (C=S) groups is 1. The van der Waals surface area contributed by atoms with Gasteiger partial charge in [-0.15, -0.1) is 0 Å². The van der Waals surface area contributed by atoms with Crippen LogP contribution in [-0.2, 0) is 0 Å². The molecule has 0 radical (unpaired) electrons. The van der Waals surface area contributed by atoms with E-state index in [-0.39, 0.29) is 11.4 Å². The van der Waals surface area contributed by atoms with Crippen molar-refractivity contribution >= 4 is 28.7 Å². The Balaban J connectivity index is 1.78. The minimum atomic E-state index is -0.381. The molecule has 0 atom stereocenters. The number of ether oxygens (including phenoxy) is 1. The van der Waals surface area contributed by atoms with Gasteiger partial charge in [-0.05, 0) is 81.4 Å². The molecule has 0 saturated heterocycles. The molecule has 0 amide bonds. The summed E-state index contributed by atoms with van der Waals surface area (Å²) in [5.74, 6) is 0.878. The molecule has 1 aliphatic heterocycles. The second-order valence-electron chi connectivity index (χ2n) is 7.14. The minimum absolute atomic E-state index is 0.176. The summed E-state index contributed by atoms with van der Waals surface area (Å²) in [6.07, 6.45) is 0.600. The van der Waals surface area contributed by atoms with Gasteiger partial charge in [-0.1, -0.05) is 6.07 Å². The summed E-state index contributed by atoms with van der Waals surface area (Å²) >= 11 is 5.35. The number of anilines is 1. The SMILES string of the molecule is Cc1ccc(NC(=S)N/N=C2\CC(C)(C)Oc3ccc(O)cc32)cc1C. The monoisotopic (exact) mass is 369 g/mol. The number of benzene rings is 2. The molecule has 2 aromatic rings. The summed E-state index contributed by atoms with van der Waals surface area (Å²) in [5, 5.41) is 17.8. The first-order valence-electron chi connectivity index (χ1n) is 8.47. The molecular formula is C20H23N3O2S. The lowest BCUT2D eigenvalue weighted by Crippen LogP contribution is -2.37. The topological polar surface area (TPSA) is 65.9 Å². The van der Waals surface area contributed by atoms with Crippen molar-refractivity contribution in [3.8, 4) is 11.5 Å². The molecule has 0 bridgehead atoms. The number of phenolic OH excluding ortho intramolecular Hbond substituents is 1. The average molecular weight is 369 g/mol. The number of hydrogen-bond acceptors (Lipinski definition) is 4. The van der Waals surface area contributed by atoms with Crippen molar-refractivity contribution in [2.24, 2.45) is 5.10 Å². The largest absolute Gasteiger partial charge is 0.508 e. The molecule has 2 aromatic carbocycles. The first-order valence-corrected chi connectivity index (χ1v) is 8.87. The van der Waals surface area contributed by atoms with Crippen molar-refractivity contribution in [1.82, 2.24) is 5.43 Å². The maximum absolute atomic E-state index is 9.79. The van der Waals surface area contributed by atoms with Crippen LogP contribution in [0.1, 0.15) is 37.0 Å². The minimum Gasteiger partial charge on any atom is -0.508 e. The fourth-order valence-electron chi connectivity index (χ4n) is 2.86. The molecule has 1 aliphatic rings. The Morgan fingerprint density at radius 2 is 1.92 bits per heavy atom. The number of hydrogen-bond donors (Lipinski definition) is 3. The van der Waals surface area contributed by atoms with Gasteiger partial charge in [0.2, 0.25) is 0 Å². The van der Waals surface area contributed by atoms with Crippen LogP contribution in [-0.4, -0.2) is 21.5 Å². The third kappa shape index (κ3) is 4.14. The molecule has 136 valence electrons. The van der Waals surface area contributed by atoms with Gasteiger partial charge < -0.3 is 15.2 Å². The average Bonchev–Trinajstić information content (AvgIpc) is 2.56. The van der Waals surface area contributed by atoms with E-state index in [2.05, 4.69) is 29.7 Å². The van der Waals surface area contributed by atoms with Crippen LogP contribution < -0.4 is 15.5 Å². The Hall–Kier alpha value is -2.60. The Morgan fingerprint density at radius 3 is 2.65 bits per heavy atom. The second-order valence-corrected chi connectivity index (χ2v) is 7.55. The van der Waals surface area contributed by atoms with Gasteiger partial charge in [0, 0.05) is 17.7 Å². The molecular weight excluding hydrogens is 346 g/mol. The van der Waals surface area contributed by atoms with E-state index >= 15 is 0 Å². The quantitative estimate of drug-likeness (QED) is 0.545. The summed E-state index contributed by atoms with van der Waals surface area (Å²) in [5.41, 5.74) is 7.42. The summed E-state index contributed by atoms with van der Waals surface area (Å²) in [6.45, 7) is 8.14. The highest BCUT2D eigenvalue weighted by Crippen LogP contribution is 2.35. The van der Waals surface area contributed by atoms with E-state index in [4.69, 9.17) is 17.0 Å². The highest BCUT2D eigenvalue weighted by Gasteiger charge is 2.31. The lowest BCUT2D eigenvalue weighted by atomic mass is 9.92. The summed E-state index contributed by atoms with van der Waals surface area (Å²) in [7, 11) is 0. The molecule has 0 saturated carbocycles. The van der Waals surface area contributed by atoms with Gasteiger partial charge in [0.05, 0.1) is 5.71 Å². The Morgan fingerprint density at radius 1 is 1.15 bits per heavy atom. The first kappa shape index (κ1) is 18.2. The molecule has 0 spiro atoms. The molecule has 0 unspecified atom stereocenters. The summed E-state index contributed by atoms with van der Waals surface area (Å²) in [4.78, 5) is 0. The van der Waals surface area contributed by atoms with Crippen molar-refractivity contribution in [1.29, 1.82) is 0 Å². The van der Waals surface area contributed by atoms with Crippen molar-refractivity contribution in [3.63, 3.8) is 0 Å². The number of nitrogens with zero attached hydrogens (tertiary/aromatic N) is 1. The zero-order valence-electron chi connectivity index (χ0n) is 15.4. The van der Waals surface area contributed by atoms with E-state index in [0.717, 1.165) is 17.0 Å². The number of aromatic hydroxyl groups is 1. The molecule has 1 heterocycles. The lowest BCUT2D eigenvalue weighted by Gasteiger charge is -2.33. The Kier molecular flexibility index (Phi) is 4.87. The zero-order chi connectivity index (χ0) is 18.9. The Labute approximate surface area is 159 Å². The van der Waals surface area contributed by atoms with E-state index in [0.29, 0.717) is 17.3 Å². The van der Waals surface area contributed by atoms with Gasteiger partial charge in [0.1, 0.15) is 17.1 Å². The van der Waals surface area contributed by atoms with E-state index < -0.39 is 0 Å². The predicted octanol–water partition coefficient (Wildman–Crippen LogP) is 4.26. The molecule has 0 aromatic heterocycles. The van der Waals surface area contributed by atoms with Crippen LogP contribution in [0, 0.1) is 13.8 Å². The summed E-state index contributed by atoms with van der Waals surface area (Å²) in [6, 6.07) is 11.1. The van der Waals surface area contributed by atoms with Crippen LogP contribution in [0.2, 0.25) is 0 Å². The van der Waals surface area contributed by atoms with Crippen molar-refractivity contribution in [2.45, 2.75) is 39.7 Å². The number of nitrogens with one attached hydrogen (secondary N) is 2. The maximum atomic E-state index is 9.79. The predicted molar refractivity (Wildman–Crippen MR) is 109 cm³/mol. The fourth-order valence-corrected chi connectivity index (χ4v) is 3.02. The molecule has 26 heavy (non-hydrogen) atoms. The van der Waals surface area contributed by atoms with Gasteiger partial charge in [-0.3, -0.25) is 5.43 Å². The number of hydrazone groups is 1. The van der Waals surface area contributed by atoms with E-state index in [1.165, 1.54) is 11.1 Å². The smallest absolute Gasteiger partial charge is 0.191 e. The van der Waals surface area contributed by atoms with Crippen LogP contribution in [0.5, 0.6) is 11.5 Å². The highest BCUT2D eigenvalue weighted by molar-refractivity contribution is 7.80. The van der Waals surface area contributed by atoms with Crippen LogP contribution in [0.15, 0.2) is 41.5 Å². The molecule has 0 fully saturated rings. The van der Waals surface area contributed by atoms with Gasteiger partial charge in [0.15, 0.2) is 5.11 Å². The standard InChI is InChI=1S/C20H23N3O2S/c1-12-5-6-14(9-13(12)2)21-19(26)23-22-17-11-20(3,4)25-18-8-7-15(24)10-16(17)18/h5-10,24H,11H2,1-4H3,(H2,21,23,26)/b22-17+. The zero-order valence-corrected chi connectivity index (χ0v) is 16.2. The molecule has 0 aliphatic carbocycles. The lowest BCUT2D eigenvalue weighted by molar-refractivity contribution is 0.111. The number of fused-ring (bicyclic) bond motifs is 1. The van der Waals surface area contributed by atoms with Crippen LogP contribution in [0.25, 0.3) is 0 Å². The van der Waals surface area contributed by atoms with Gasteiger partial charge in [0.25, 0.3) is 0 Å². The highest BCUT2D eigenvalue weighted by atomic mass is 32.1. The van der Waals surface area contributed by atoms with Gasteiger partial charge in [-0.2, -0.15) is 5.10 Å². The second kappa shape index (κ2) is 6.96. The third-order valence-corrected chi connectivity index (χ3v) is 4.50. The normalized spacial score (nSPS) is 16.5. The first-order chi connectivity index (χ1) is 12.2. The van der Waals surface area contributed by atoms with Crippen molar-refractivity contribution in [3.05, 3.63) is 53.1 Å². The number of rotatable bonds is 2. The fraction of sp³-hybridized carbons (Fsp3) is 0.300. The molecule has 6 heteroatoms. The van der Waals surface area contributed by atoms with E-state index in [1.807, 2.05) is 32.0 Å². The summed E-state index contributed by atoms with van der Waals surface area (Å²) < 4.78 is 5.96. The van der Waals surface area contributed by atoms with Gasteiger partial charge >= 0.3 is 0 Å². The van der Waals surface area contributed by atoms with Crippen LogP contribution in [0.3, 0.4) is 0 Å². The van der Waals surface area contributed by atoms with Crippen LogP contribution in [0.4, 0.5) is 5.69 Å². The number of phenols is 1. The third-order valence-electron chi connectivity index (χ3n) is 4.31. The maximum Gasteiger partial charge on any atom is 0.191 e. The van der Waals surface area contributed by atoms with Gasteiger partial charge in [-0.25, -0.2) is 0 Å². The van der Waals surface area contributed by atoms with Crippen molar-refractivity contribution in [2.75, 3.05) is 5.32 Å². The van der Waals surface area contributed by atoms with Crippen molar-refractivity contribution < 1.29 is 9.84 Å². The molecule has 5 nitrogen and oxygen atoms in total. The Bertz CT molecular complexity index is 891. The molecule has 3 rings (SSSR count). The van der Waals surface area contributed by atoms with E-state index in [9.17, 15) is 5.11 Å². The van der Waals surface area contributed by atoms with Crippen LogP contribution >= 0.6 is 12.2 Å². The number of aryl methyl sites for hydroxylation is 2.